The van der Waals surface area contributed by atoms with Gasteiger partial charge in [-0.1, -0.05) is 11.3 Å². The maximum Gasteiger partial charge on any atom is 0.372 e. The Balaban J connectivity index is 2.05. The summed E-state index contributed by atoms with van der Waals surface area (Å²) >= 11 is 1.33. The highest BCUT2D eigenvalue weighted by Crippen LogP contribution is 2.27. The molecule has 0 aliphatic carbocycles. The summed E-state index contributed by atoms with van der Waals surface area (Å²) in [4.78, 5) is 15.3. The molecule has 1 atom stereocenters. The quantitative estimate of drug-likeness (QED) is 0.584. The average molecular weight is 286 g/mol. The number of aliphatic hydroxyl groups excluding tert-OH is 1. The van der Waals surface area contributed by atoms with Gasteiger partial charge in [0.15, 0.2) is 0 Å². The summed E-state index contributed by atoms with van der Waals surface area (Å²) in [7, 11) is 1.50. The molecule has 8 nitrogen and oxygen atoms in total. The predicted molar refractivity (Wildman–Crippen MR) is 70.7 cm³/mol. The van der Waals surface area contributed by atoms with Crippen LogP contribution in [0.2, 0.25) is 0 Å². The highest BCUT2D eigenvalue weighted by molar-refractivity contribution is 7.15. The Labute approximate surface area is 112 Å². The third-order valence-electron chi connectivity index (χ3n) is 2.54. The van der Waals surface area contributed by atoms with Gasteiger partial charge >= 0.3 is 5.82 Å². The van der Waals surface area contributed by atoms with Gasteiger partial charge in [-0.25, -0.2) is 0 Å². The molecule has 104 valence electrons. The van der Waals surface area contributed by atoms with Gasteiger partial charge in [0.1, 0.15) is 6.20 Å². The molecule has 0 saturated carbocycles. The molecular formula is C10H14N4O4S. The van der Waals surface area contributed by atoms with Crippen LogP contribution in [0.1, 0.15) is 6.42 Å². The van der Waals surface area contributed by atoms with E-state index in [-0.39, 0.29) is 18.2 Å². The van der Waals surface area contributed by atoms with Crippen LogP contribution >= 0.6 is 11.3 Å². The Kier molecular flexibility index (Phi) is 4.30. The Morgan fingerprint density at radius 2 is 2.53 bits per heavy atom. The third-order valence-corrected chi connectivity index (χ3v) is 3.30. The molecule has 0 radical (unpaired) electrons. The monoisotopic (exact) mass is 286 g/mol. The minimum absolute atomic E-state index is 0.0857. The largest absolute Gasteiger partial charge is 0.391 e. The second-order valence-electron chi connectivity index (χ2n) is 3.92. The summed E-state index contributed by atoms with van der Waals surface area (Å²) in [5.41, 5.74) is 0. The second-order valence-corrected chi connectivity index (χ2v) is 4.79. The maximum absolute atomic E-state index is 11.0. The number of methoxy groups -OCH3 is 1. The van der Waals surface area contributed by atoms with Crippen LogP contribution in [-0.4, -0.2) is 45.8 Å². The molecule has 0 spiro atoms. The number of imidazole rings is 1. The molecule has 0 fully saturated rings. The number of nitrogens with zero attached hydrogens (tertiary/aromatic N) is 3. The van der Waals surface area contributed by atoms with Crippen molar-refractivity contribution in [2.45, 2.75) is 12.5 Å². The van der Waals surface area contributed by atoms with Crippen molar-refractivity contribution in [2.24, 2.45) is 0 Å². The summed E-state index contributed by atoms with van der Waals surface area (Å²) in [6.07, 6.45) is 1.44. The maximum atomic E-state index is 11.0. The fourth-order valence-electron chi connectivity index (χ4n) is 1.70. The molecule has 2 aromatic rings. The summed E-state index contributed by atoms with van der Waals surface area (Å²) in [5, 5.41) is 25.1. The number of aliphatic hydroxyl groups is 1. The molecule has 0 saturated heterocycles. The van der Waals surface area contributed by atoms with E-state index >= 15 is 0 Å². The van der Waals surface area contributed by atoms with Crippen LogP contribution in [-0.2, 0) is 4.74 Å². The first-order valence-corrected chi connectivity index (χ1v) is 6.52. The smallest absolute Gasteiger partial charge is 0.372 e. The van der Waals surface area contributed by atoms with Crippen molar-refractivity contribution in [2.75, 3.05) is 25.6 Å². The SMILES string of the molecule is COCC(O)CCNc1nc2sccn2c1[N+](=O)[O-]. The molecule has 0 amide bonds. The minimum Gasteiger partial charge on any atom is -0.391 e. The van der Waals surface area contributed by atoms with Crippen LogP contribution in [0.25, 0.3) is 4.96 Å². The predicted octanol–water partition coefficient (Wildman–Crippen LogP) is 1.11. The lowest BCUT2D eigenvalue weighted by Crippen LogP contribution is -2.18. The molecule has 2 rings (SSSR count). The molecule has 1 unspecified atom stereocenters. The highest BCUT2D eigenvalue weighted by Gasteiger charge is 2.23. The van der Waals surface area contributed by atoms with Crippen LogP contribution in [0.3, 0.4) is 0 Å². The van der Waals surface area contributed by atoms with Crippen molar-refractivity contribution in [3.63, 3.8) is 0 Å². The number of hydrogen-bond acceptors (Lipinski definition) is 7. The number of rotatable bonds is 7. The number of anilines is 1. The number of fused-ring (bicyclic) bond motifs is 1. The van der Waals surface area contributed by atoms with Gasteiger partial charge in [0.2, 0.25) is 5.82 Å². The van der Waals surface area contributed by atoms with E-state index in [4.69, 9.17) is 4.74 Å². The molecule has 2 heterocycles. The number of aromatic nitrogens is 2. The van der Waals surface area contributed by atoms with Gasteiger partial charge in [0.25, 0.3) is 4.96 Å². The molecule has 0 aliphatic rings. The van der Waals surface area contributed by atoms with Crippen LogP contribution in [0.5, 0.6) is 0 Å². The van der Waals surface area contributed by atoms with Crippen LogP contribution in [0, 0.1) is 10.1 Å². The summed E-state index contributed by atoms with van der Waals surface area (Å²) < 4.78 is 6.23. The molecule has 19 heavy (non-hydrogen) atoms. The molecule has 0 aromatic carbocycles. The molecular weight excluding hydrogens is 272 g/mol. The number of ether oxygens (including phenoxy) is 1. The normalized spacial score (nSPS) is 12.7. The van der Waals surface area contributed by atoms with Crippen LogP contribution in [0.4, 0.5) is 11.6 Å². The van der Waals surface area contributed by atoms with Gasteiger partial charge in [-0.05, 0) is 11.3 Å². The summed E-state index contributed by atoms with van der Waals surface area (Å²) in [5.74, 6) is 0.138. The molecule has 0 bridgehead atoms. The number of thiazole rings is 1. The molecule has 0 aliphatic heterocycles. The van der Waals surface area contributed by atoms with Crippen molar-refractivity contribution >= 4 is 27.9 Å². The lowest BCUT2D eigenvalue weighted by atomic mass is 10.2. The first kappa shape index (κ1) is 13.7. The van der Waals surface area contributed by atoms with Gasteiger partial charge in [0.05, 0.1) is 12.7 Å². The van der Waals surface area contributed by atoms with E-state index in [1.54, 1.807) is 11.6 Å². The van der Waals surface area contributed by atoms with Gasteiger partial charge < -0.3 is 25.3 Å². The minimum atomic E-state index is -0.597. The molecule has 2 N–H and O–H groups in total. The standard InChI is InChI=1S/C10H14N4O4S/c1-18-6-7(15)2-3-11-8-9(14(16)17)13-4-5-19-10(13)12-8/h4-5,7,11,15H,2-3,6H2,1H3. The molecule has 2 aromatic heterocycles. The summed E-state index contributed by atoms with van der Waals surface area (Å²) in [6.45, 7) is 0.623. The second kappa shape index (κ2) is 5.95. The van der Waals surface area contributed by atoms with Crippen LogP contribution in [0.15, 0.2) is 11.6 Å². The van der Waals surface area contributed by atoms with E-state index in [0.29, 0.717) is 17.9 Å². The van der Waals surface area contributed by atoms with Crippen LogP contribution < -0.4 is 5.32 Å². The van der Waals surface area contributed by atoms with E-state index < -0.39 is 11.0 Å². The van der Waals surface area contributed by atoms with Gasteiger partial charge in [-0.15, -0.1) is 0 Å². The van der Waals surface area contributed by atoms with Crippen molar-refractivity contribution < 1.29 is 14.8 Å². The van der Waals surface area contributed by atoms with Gasteiger partial charge in [-0.3, -0.25) is 0 Å². The van der Waals surface area contributed by atoms with E-state index in [1.165, 1.54) is 22.8 Å². The average Bonchev–Trinajstić information content (AvgIpc) is 2.88. The zero-order chi connectivity index (χ0) is 13.8. The van der Waals surface area contributed by atoms with E-state index in [2.05, 4.69) is 10.3 Å². The van der Waals surface area contributed by atoms with Gasteiger partial charge in [-0.2, -0.15) is 9.38 Å². The first-order chi connectivity index (χ1) is 9.13. The lowest BCUT2D eigenvalue weighted by Gasteiger charge is -2.09. The van der Waals surface area contributed by atoms with Crippen molar-refractivity contribution in [3.8, 4) is 0 Å². The topological polar surface area (TPSA) is 102 Å². The summed E-state index contributed by atoms with van der Waals surface area (Å²) in [6, 6.07) is 0. The fourth-order valence-corrected chi connectivity index (χ4v) is 2.41. The van der Waals surface area contributed by atoms with Crippen molar-refractivity contribution in [1.82, 2.24) is 9.38 Å². The number of hydrogen-bond donors (Lipinski definition) is 2. The Morgan fingerprint density at radius 3 is 3.21 bits per heavy atom. The number of nitrogens with one attached hydrogen (secondary N) is 1. The number of nitro groups is 1. The zero-order valence-corrected chi connectivity index (χ0v) is 11.1. The lowest BCUT2D eigenvalue weighted by molar-refractivity contribution is -0.389. The Bertz CT molecular complexity index is 567. The Hall–Kier alpha value is -1.71. The fraction of sp³-hybridized carbons (Fsp3) is 0.500. The zero-order valence-electron chi connectivity index (χ0n) is 10.3. The van der Waals surface area contributed by atoms with Gasteiger partial charge in [0, 0.05) is 19.0 Å². The highest BCUT2D eigenvalue weighted by atomic mass is 32.1. The van der Waals surface area contributed by atoms with E-state index in [0.717, 1.165) is 0 Å². The molecule has 9 heteroatoms. The van der Waals surface area contributed by atoms with Crippen molar-refractivity contribution in [1.29, 1.82) is 0 Å². The third kappa shape index (κ3) is 3.00. The van der Waals surface area contributed by atoms with Crippen molar-refractivity contribution in [3.05, 3.63) is 21.7 Å². The van der Waals surface area contributed by atoms with E-state index in [1.807, 2.05) is 0 Å². The first-order valence-electron chi connectivity index (χ1n) is 5.64. The van der Waals surface area contributed by atoms with E-state index in [9.17, 15) is 15.2 Å². The Morgan fingerprint density at radius 1 is 1.74 bits per heavy atom.